The first-order valence-electron chi connectivity index (χ1n) is 6.68. The van der Waals surface area contributed by atoms with E-state index in [-0.39, 0.29) is 11.6 Å². The van der Waals surface area contributed by atoms with Crippen LogP contribution in [0.15, 0.2) is 22.7 Å². The van der Waals surface area contributed by atoms with Crippen LogP contribution >= 0.6 is 0 Å². The monoisotopic (exact) mass is 280 g/mol. The Kier molecular flexibility index (Phi) is 4.49. The average Bonchev–Trinajstić information content (AvgIpc) is 2.89. The fourth-order valence-electron chi connectivity index (χ4n) is 1.91. The van der Waals surface area contributed by atoms with Gasteiger partial charge in [0.2, 0.25) is 5.89 Å². The summed E-state index contributed by atoms with van der Waals surface area (Å²) in [6, 6.07) is 2.25. The van der Waals surface area contributed by atoms with Gasteiger partial charge in [0.25, 0.3) is 0 Å². The van der Waals surface area contributed by atoms with Crippen molar-refractivity contribution in [2.45, 2.75) is 33.2 Å². The Balaban J connectivity index is 2.27. The van der Waals surface area contributed by atoms with Crippen LogP contribution in [0.5, 0.6) is 0 Å². The lowest BCUT2D eigenvalue weighted by atomic mass is 10.1. The summed E-state index contributed by atoms with van der Waals surface area (Å²) in [7, 11) is 0. The summed E-state index contributed by atoms with van der Waals surface area (Å²) in [4.78, 5) is 4.15. The molecular formula is C15H18F2N2O. The summed E-state index contributed by atoms with van der Waals surface area (Å²) in [6.07, 6.45) is 2.47. The smallest absolute Gasteiger partial charge is 0.211 e. The first-order chi connectivity index (χ1) is 9.52. The predicted molar refractivity (Wildman–Crippen MR) is 73.3 cm³/mol. The molecule has 0 aliphatic rings. The molecule has 0 fully saturated rings. The van der Waals surface area contributed by atoms with Gasteiger partial charge in [0.05, 0.1) is 17.8 Å². The molecule has 0 spiro atoms. The zero-order valence-electron chi connectivity index (χ0n) is 11.8. The van der Waals surface area contributed by atoms with Crippen LogP contribution in [0.1, 0.15) is 37.8 Å². The van der Waals surface area contributed by atoms with Gasteiger partial charge in [-0.1, -0.05) is 6.92 Å². The Morgan fingerprint density at radius 3 is 2.75 bits per heavy atom. The van der Waals surface area contributed by atoms with E-state index in [0.29, 0.717) is 17.2 Å². The zero-order valence-corrected chi connectivity index (χ0v) is 11.8. The van der Waals surface area contributed by atoms with E-state index in [1.807, 2.05) is 6.92 Å². The third-order valence-electron chi connectivity index (χ3n) is 3.11. The average molecular weight is 280 g/mol. The molecule has 5 heteroatoms. The summed E-state index contributed by atoms with van der Waals surface area (Å²) < 4.78 is 32.6. The molecule has 1 N–H and O–H groups in total. The molecule has 0 saturated carbocycles. The maximum Gasteiger partial charge on any atom is 0.211 e. The third kappa shape index (κ3) is 3.04. The molecule has 20 heavy (non-hydrogen) atoms. The molecule has 108 valence electrons. The van der Waals surface area contributed by atoms with E-state index in [0.717, 1.165) is 19.0 Å². The Morgan fingerprint density at radius 1 is 1.30 bits per heavy atom. The first kappa shape index (κ1) is 14.7. The second kappa shape index (κ2) is 6.13. The van der Waals surface area contributed by atoms with Crippen molar-refractivity contribution in [1.82, 2.24) is 10.3 Å². The SMILES string of the molecule is CCCNC(C)c1ncc(-c2cc(C)c(F)cc2F)o1. The lowest BCUT2D eigenvalue weighted by Gasteiger charge is -2.08. The van der Waals surface area contributed by atoms with Crippen LogP contribution in [-0.4, -0.2) is 11.5 Å². The van der Waals surface area contributed by atoms with Crippen molar-refractivity contribution in [1.29, 1.82) is 0 Å². The standard InChI is InChI=1S/C15H18F2N2O/c1-4-5-18-10(3)15-19-8-14(20-15)11-6-9(2)12(16)7-13(11)17/h6-8,10,18H,4-5H2,1-3H3. The quantitative estimate of drug-likeness (QED) is 0.900. The molecule has 3 nitrogen and oxygen atoms in total. The molecule has 1 aromatic heterocycles. The molecule has 1 heterocycles. The number of aryl methyl sites for hydroxylation is 1. The minimum absolute atomic E-state index is 0.0479. The van der Waals surface area contributed by atoms with Crippen LogP contribution in [0, 0.1) is 18.6 Å². The zero-order chi connectivity index (χ0) is 14.7. The fraction of sp³-hybridized carbons (Fsp3) is 0.400. The Bertz CT molecular complexity index is 596. The molecule has 0 bridgehead atoms. The van der Waals surface area contributed by atoms with Crippen molar-refractivity contribution in [3.8, 4) is 11.3 Å². The number of rotatable bonds is 5. The summed E-state index contributed by atoms with van der Waals surface area (Å²) in [5.41, 5.74) is 0.599. The Hall–Kier alpha value is -1.75. The number of benzene rings is 1. The number of hydrogen-bond donors (Lipinski definition) is 1. The highest BCUT2D eigenvalue weighted by Gasteiger charge is 2.16. The molecule has 0 radical (unpaired) electrons. The van der Waals surface area contributed by atoms with Crippen LogP contribution in [0.2, 0.25) is 0 Å². The second-order valence-electron chi connectivity index (χ2n) is 4.82. The molecule has 1 atom stereocenters. The molecule has 2 aromatic rings. The molecular weight excluding hydrogens is 262 g/mol. The van der Waals surface area contributed by atoms with Gasteiger partial charge in [0.15, 0.2) is 5.76 Å². The molecule has 0 amide bonds. The van der Waals surface area contributed by atoms with Gasteiger partial charge in [-0.25, -0.2) is 13.8 Å². The highest BCUT2D eigenvalue weighted by atomic mass is 19.1. The van der Waals surface area contributed by atoms with Gasteiger partial charge in [-0.05, 0) is 38.4 Å². The topological polar surface area (TPSA) is 38.1 Å². The van der Waals surface area contributed by atoms with E-state index < -0.39 is 11.6 Å². The number of nitrogens with one attached hydrogen (secondary N) is 1. The first-order valence-corrected chi connectivity index (χ1v) is 6.68. The third-order valence-corrected chi connectivity index (χ3v) is 3.11. The highest BCUT2D eigenvalue weighted by molar-refractivity contribution is 5.58. The van der Waals surface area contributed by atoms with Crippen molar-refractivity contribution in [2.24, 2.45) is 0 Å². The number of nitrogens with zero attached hydrogens (tertiary/aromatic N) is 1. The minimum Gasteiger partial charge on any atom is -0.439 e. The van der Waals surface area contributed by atoms with Crippen LogP contribution in [0.4, 0.5) is 8.78 Å². The molecule has 0 aliphatic carbocycles. The summed E-state index contributed by atoms with van der Waals surface area (Å²) in [5.74, 6) is -0.408. The maximum atomic E-state index is 13.8. The van der Waals surface area contributed by atoms with E-state index in [1.54, 1.807) is 6.92 Å². The van der Waals surface area contributed by atoms with Crippen molar-refractivity contribution in [3.05, 3.63) is 41.4 Å². The number of oxazole rings is 1. The molecule has 1 unspecified atom stereocenters. The largest absolute Gasteiger partial charge is 0.439 e. The summed E-state index contributed by atoms with van der Waals surface area (Å²) in [6.45, 7) is 6.43. The Morgan fingerprint density at radius 2 is 2.05 bits per heavy atom. The Labute approximate surface area is 117 Å². The van der Waals surface area contributed by atoms with Crippen LogP contribution in [0.25, 0.3) is 11.3 Å². The fourth-order valence-corrected chi connectivity index (χ4v) is 1.91. The van der Waals surface area contributed by atoms with E-state index in [9.17, 15) is 8.78 Å². The highest BCUT2D eigenvalue weighted by Crippen LogP contribution is 2.27. The van der Waals surface area contributed by atoms with Gasteiger partial charge in [-0.2, -0.15) is 0 Å². The van der Waals surface area contributed by atoms with Crippen molar-refractivity contribution in [3.63, 3.8) is 0 Å². The number of aromatic nitrogens is 1. The normalized spacial score (nSPS) is 12.7. The number of hydrogen-bond acceptors (Lipinski definition) is 3. The number of halogens is 2. The second-order valence-corrected chi connectivity index (χ2v) is 4.82. The van der Waals surface area contributed by atoms with E-state index in [2.05, 4.69) is 17.2 Å². The molecule has 2 rings (SSSR count). The molecule has 1 aromatic carbocycles. The van der Waals surface area contributed by atoms with Crippen molar-refractivity contribution in [2.75, 3.05) is 6.54 Å². The van der Waals surface area contributed by atoms with Crippen LogP contribution in [-0.2, 0) is 0 Å². The van der Waals surface area contributed by atoms with Gasteiger partial charge in [-0.15, -0.1) is 0 Å². The molecule has 0 aliphatic heterocycles. The van der Waals surface area contributed by atoms with E-state index >= 15 is 0 Å². The predicted octanol–water partition coefficient (Wildman–Crippen LogP) is 3.99. The lowest BCUT2D eigenvalue weighted by Crippen LogP contribution is -2.19. The van der Waals surface area contributed by atoms with Crippen molar-refractivity contribution < 1.29 is 13.2 Å². The molecule has 0 saturated heterocycles. The summed E-state index contributed by atoms with van der Waals surface area (Å²) in [5, 5.41) is 3.24. The van der Waals surface area contributed by atoms with Crippen LogP contribution < -0.4 is 5.32 Å². The van der Waals surface area contributed by atoms with Crippen LogP contribution in [0.3, 0.4) is 0 Å². The van der Waals surface area contributed by atoms with E-state index in [1.165, 1.54) is 12.3 Å². The van der Waals surface area contributed by atoms with Gasteiger partial charge >= 0.3 is 0 Å². The van der Waals surface area contributed by atoms with Crippen molar-refractivity contribution >= 4 is 0 Å². The van der Waals surface area contributed by atoms with E-state index in [4.69, 9.17) is 4.42 Å². The van der Waals surface area contributed by atoms with Gasteiger partial charge in [0.1, 0.15) is 11.6 Å². The lowest BCUT2D eigenvalue weighted by molar-refractivity contribution is 0.421. The summed E-state index contributed by atoms with van der Waals surface area (Å²) >= 11 is 0. The minimum atomic E-state index is -0.648. The van der Waals surface area contributed by atoms with Gasteiger partial charge in [0, 0.05) is 6.07 Å². The maximum absolute atomic E-state index is 13.8. The van der Waals surface area contributed by atoms with Gasteiger partial charge in [-0.3, -0.25) is 0 Å². The van der Waals surface area contributed by atoms with Gasteiger partial charge < -0.3 is 9.73 Å².